The Morgan fingerprint density at radius 2 is 2.12 bits per heavy atom. The first kappa shape index (κ1) is 17.9. The van der Waals surface area contributed by atoms with Gasteiger partial charge in [-0.15, -0.1) is 0 Å². The maximum atomic E-state index is 13.7. The molecule has 0 radical (unpaired) electrons. The van der Waals surface area contributed by atoms with E-state index in [4.69, 9.17) is 9.47 Å². The molecule has 4 heteroatoms. The molecule has 0 aliphatic carbocycles. The Morgan fingerprint density at radius 1 is 1.24 bits per heavy atom. The molecule has 1 fully saturated rings. The molecule has 3 rings (SSSR count). The second-order valence-corrected chi connectivity index (χ2v) is 6.35. The topological polar surface area (TPSA) is 30.5 Å². The van der Waals surface area contributed by atoms with Gasteiger partial charge in [0.15, 0.2) is 0 Å². The van der Waals surface area contributed by atoms with Gasteiger partial charge >= 0.3 is 0 Å². The van der Waals surface area contributed by atoms with Crippen molar-refractivity contribution in [1.82, 2.24) is 5.32 Å². The van der Waals surface area contributed by atoms with Crippen molar-refractivity contribution >= 4 is 0 Å². The smallest absolute Gasteiger partial charge is 0.123 e. The molecule has 25 heavy (non-hydrogen) atoms. The lowest BCUT2D eigenvalue weighted by atomic mass is 9.87. The Balaban J connectivity index is 1.78. The molecule has 1 heterocycles. The maximum absolute atomic E-state index is 13.7. The Bertz CT molecular complexity index is 670. The molecule has 1 aliphatic heterocycles. The molecule has 0 bridgehead atoms. The van der Waals surface area contributed by atoms with Gasteiger partial charge in [-0.1, -0.05) is 30.3 Å². The van der Waals surface area contributed by atoms with E-state index in [-0.39, 0.29) is 17.8 Å². The Kier molecular flexibility index (Phi) is 6.42. The summed E-state index contributed by atoms with van der Waals surface area (Å²) >= 11 is 0. The fraction of sp³-hybridized carbons (Fsp3) is 0.429. The molecule has 1 aliphatic rings. The number of para-hydroxylation sites is 1. The van der Waals surface area contributed by atoms with Crippen molar-refractivity contribution < 1.29 is 13.9 Å². The average molecular weight is 343 g/mol. The molecule has 0 aromatic heterocycles. The molecule has 2 aromatic carbocycles. The van der Waals surface area contributed by atoms with Crippen molar-refractivity contribution in [2.24, 2.45) is 0 Å². The normalized spacial score (nSPS) is 18.7. The van der Waals surface area contributed by atoms with Crippen molar-refractivity contribution in [2.45, 2.75) is 31.8 Å². The Hall–Kier alpha value is -1.91. The summed E-state index contributed by atoms with van der Waals surface area (Å²) in [5.74, 6) is 0.893. The van der Waals surface area contributed by atoms with Crippen LogP contribution in [0.5, 0.6) is 5.75 Å². The highest BCUT2D eigenvalue weighted by Gasteiger charge is 2.26. The standard InChI is InChI=1S/C21H26FNO2/c1-2-24-20-9-4-3-6-16(20)10-11-19(21-15-23-12-13-25-21)17-7-5-8-18(22)14-17/h3-9,14,19,21,23H,2,10-13,15H2,1H3/t19-,21-/m1/s1. The predicted molar refractivity (Wildman–Crippen MR) is 97.7 cm³/mol. The van der Waals surface area contributed by atoms with Gasteiger partial charge in [0.1, 0.15) is 11.6 Å². The van der Waals surface area contributed by atoms with Gasteiger partial charge in [0, 0.05) is 19.0 Å². The number of nitrogens with one attached hydrogen (secondary N) is 1. The molecule has 2 atom stereocenters. The molecule has 3 nitrogen and oxygen atoms in total. The van der Waals surface area contributed by atoms with Crippen LogP contribution in [0, 0.1) is 5.82 Å². The fourth-order valence-corrected chi connectivity index (χ4v) is 3.47. The van der Waals surface area contributed by atoms with Gasteiger partial charge in [0.2, 0.25) is 0 Å². The molecule has 1 saturated heterocycles. The van der Waals surface area contributed by atoms with Crippen molar-refractivity contribution in [3.63, 3.8) is 0 Å². The van der Waals surface area contributed by atoms with Crippen LogP contribution in [-0.4, -0.2) is 32.4 Å². The molecule has 134 valence electrons. The summed E-state index contributed by atoms with van der Waals surface area (Å²) in [4.78, 5) is 0. The van der Waals surface area contributed by atoms with Gasteiger partial charge in [0.05, 0.1) is 19.3 Å². The van der Waals surface area contributed by atoms with Gasteiger partial charge in [-0.25, -0.2) is 4.39 Å². The average Bonchev–Trinajstić information content (AvgIpc) is 2.64. The zero-order valence-corrected chi connectivity index (χ0v) is 14.7. The van der Waals surface area contributed by atoms with Crippen LogP contribution < -0.4 is 10.1 Å². The zero-order chi connectivity index (χ0) is 17.5. The van der Waals surface area contributed by atoms with Gasteiger partial charge in [-0.3, -0.25) is 0 Å². The maximum Gasteiger partial charge on any atom is 0.123 e. The van der Waals surface area contributed by atoms with Crippen LogP contribution in [0.1, 0.15) is 30.4 Å². The summed E-state index contributed by atoms with van der Waals surface area (Å²) in [6.07, 6.45) is 1.83. The number of hydrogen-bond donors (Lipinski definition) is 1. The first-order valence-electron chi connectivity index (χ1n) is 9.06. The SMILES string of the molecule is CCOc1ccccc1CC[C@H](c1cccc(F)c1)[C@H]1CNCCO1. The zero-order valence-electron chi connectivity index (χ0n) is 14.7. The number of rotatable bonds is 7. The van der Waals surface area contributed by atoms with Gasteiger partial charge in [0.25, 0.3) is 0 Å². The van der Waals surface area contributed by atoms with E-state index in [1.54, 1.807) is 12.1 Å². The number of ether oxygens (including phenoxy) is 2. The van der Waals surface area contributed by atoms with Crippen LogP contribution in [0.3, 0.4) is 0 Å². The quantitative estimate of drug-likeness (QED) is 0.826. The lowest BCUT2D eigenvalue weighted by Gasteiger charge is -2.31. The van der Waals surface area contributed by atoms with E-state index < -0.39 is 0 Å². The van der Waals surface area contributed by atoms with Gasteiger partial charge in [-0.05, 0) is 49.1 Å². The Morgan fingerprint density at radius 3 is 2.88 bits per heavy atom. The first-order chi connectivity index (χ1) is 12.3. The van der Waals surface area contributed by atoms with Crippen molar-refractivity contribution in [3.8, 4) is 5.75 Å². The van der Waals surface area contributed by atoms with E-state index in [2.05, 4.69) is 11.4 Å². The molecule has 0 unspecified atom stereocenters. The molecular formula is C21H26FNO2. The van der Waals surface area contributed by atoms with E-state index in [0.717, 1.165) is 37.2 Å². The molecule has 0 spiro atoms. The third-order valence-corrected chi connectivity index (χ3v) is 4.68. The Labute approximate surface area is 149 Å². The first-order valence-corrected chi connectivity index (χ1v) is 9.06. The highest BCUT2D eigenvalue weighted by Crippen LogP contribution is 2.30. The minimum atomic E-state index is -0.194. The third kappa shape index (κ3) is 4.80. The van der Waals surface area contributed by atoms with Crippen molar-refractivity contribution in [3.05, 3.63) is 65.5 Å². The summed E-state index contributed by atoms with van der Waals surface area (Å²) in [6.45, 7) is 5.02. The monoisotopic (exact) mass is 343 g/mol. The van der Waals surface area contributed by atoms with Crippen LogP contribution >= 0.6 is 0 Å². The molecule has 0 saturated carbocycles. The van der Waals surface area contributed by atoms with Crippen LogP contribution in [-0.2, 0) is 11.2 Å². The van der Waals surface area contributed by atoms with Crippen LogP contribution in [0.25, 0.3) is 0 Å². The van der Waals surface area contributed by atoms with Crippen LogP contribution in [0.2, 0.25) is 0 Å². The molecule has 2 aromatic rings. The third-order valence-electron chi connectivity index (χ3n) is 4.68. The van der Waals surface area contributed by atoms with Crippen molar-refractivity contribution in [2.75, 3.05) is 26.3 Å². The fourth-order valence-electron chi connectivity index (χ4n) is 3.47. The van der Waals surface area contributed by atoms with E-state index in [1.807, 2.05) is 31.2 Å². The van der Waals surface area contributed by atoms with Gasteiger partial charge in [-0.2, -0.15) is 0 Å². The van der Waals surface area contributed by atoms with E-state index in [0.29, 0.717) is 13.2 Å². The van der Waals surface area contributed by atoms with E-state index in [9.17, 15) is 4.39 Å². The number of halogens is 1. The minimum Gasteiger partial charge on any atom is -0.494 e. The molecule has 0 amide bonds. The number of benzene rings is 2. The number of morpholine rings is 1. The lowest BCUT2D eigenvalue weighted by Crippen LogP contribution is -2.42. The van der Waals surface area contributed by atoms with Crippen molar-refractivity contribution in [1.29, 1.82) is 0 Å². The summed E-state index contributed by atoms with van der Waals surface area (Å²) < 4.78 is 25.5. The summed E-state index contributed by atoms with van der Waals surface area (Å²) in [6, 6.07) is 15.0. The molecular weight excluding hydrogens is 317 g/mol. The predicted octanol–water partition coefficient (Wildman–Crippen LogP) is 3.93. The molecule has 1 N–H and O–H groups in total. The summed E-state index contributed by atoms with van der Waals surface area (Å²) in [5.41, 5.74) is 2.19. The summed E-state index contributed by atoms with van der Waals surface area (Å²) in [7, 11) is 0. The largest absolute Gasteiger partial charge is 0.494 e. The number of hydrogen-bond acceptors (Lipinski definition) is 3. The van der Waals surface area contributed by atoms with E-state index >= 15 is 0 Å². The minimum absolute atomic E-state index is 0.0646. The number of aryl methyl sites for hydroxylation is 1. The van der Waals surface area contributed by atoms with E-state index in [1.165, 1.54) is 11.6 Å². The summed E-state index contributed by atoms with van der Waals surface area (Å²) in [5, 5.41) is 3.39. The second-order valence-electron chi connectivity index (χ2n) is 6.35. The highest BCUT2D eigenvalue weighted by atomic mass is 19.1. The van der Waals surface area contributed by atoms with Crippen LogP contribution in [0.4, 0.5) is 4.39 Å². The van der Waals surface area contributed by atoms with Gasteiger partial charge < -0.3 is 14.8 Å². The second kappa shape index (κ2) is 8.97. The lowest BCUT2D eigenvalue weighted by molar-refractivity contribution is 0.00925. The van der Waals surface area contributed by atoms with Crippen LogP contribution in [0.15, 0.2) is 48.5 Å². The highest BCUT2D eigenvalue weighted by molar-refractivity contribution is 5.34.